The van der Waals surface area contributed by atoms with Gasteiger partial charge in [0.1, 0.15) is 0 Å². The first-order valence-corrected chi connectivity index (χ1v) is 5.62. The molecule has 1 aromatic heterocycles. The first-order chi connectivity index (χ1) is 8.17. The van der Waals surface area contributed by atoms with Crippen molar-refractivity contribution in [1.29, 1.82) is 0 Å². The van der Waals surface area contributed by atoms with E-state index in [1.807, 2.05) is 36.9 Å². The highest BCUT2D eigenvalue weighted by Crippen LogP contribution is 2.20. The van der Waals surface area contributed by atoms with Gasteiger partial charge in [-0.05, 0) is 24.7 Å². The number of imidazole rings is 1. The molecule has 0 aliphatic heterocycles. The third-order valence-corrected chi connectivity index (χ3v) is 3.06. The zero-order valence-corrected chi connectivity index (χ0v) is 10.1. The molecule has 1 heterocycles. The quantitative estimate of drug-likeness (QED) is 0.704. The summed E-state index contributed by atoms with van der Waals surface area (Å²) < 4.78 is 1.97. The standard InChI is InChI=1S/C12H18N4O/c1-14-12(9(13)6-17)8-3-4-11-10(5-8)15-7-16(11)2/h3-5,7,9,12,14,17H,6,13H2,1-2H3. The summed E-state index contributed by atoms with van der Waals surface area (Å²) >= 11 is 0. The van der Waals surface area contributed by atoms with Crippen LogP contribution in [0.2, 0.25) is 0 Å². The smallest absolute Gasteiger partial charge is 0.0955 e. The van der Waals surface area contributed by atoms with Gasteiger partial charge >= 0.3 is 0 Å². The molecule has 17 heavy (non-hydrogen) atoms. The molecule has 92 valence electrons. The van der Waals surface area contributed by atoms with Gasteiger partial charge in [-0.2, -0.15) is 0 Å². The Hall–Kier alpha value is -1.43. The normalized spacial score (nSPS) is 15.1. The summed E-state index contributed by atoms with van der Waals surface area (Å²) in [6.45, 7) is -0.0498. The minimum Gasteiger partial charge on any atom is -0.395 e. The Labute approximate surface area is 100 Å². The van der Waals surface area contributed by atoms with Crippen molar-refractivity contribution in [3.63, 3.8) is 0 Å². The molecule has 0 amide bonds. The fourth-order valence-corrected chi connectivity index (χ4v) is 2.08. The summed E-state index contributed by atoms with van der Waals surface area (Å²) in [5.41, 5.74) is 8.94. The summed E-state index contributed by atoms with van der Waals surface area (Å²) in [7, 11) is 3.80. The zero-order chi connectivity index (χ0) is 12.4. The Kier molecular flexibility index (Phi) is 3.42. The largest absolute Gasteiger partial charge is 0.395 e. The number of aliphatic hydroxyl groups excluding tert-OH is 1. The predicted octanol–water partition coefficient (Wildman–Crippen LogP) is 0.153. The van der Waals surface area contributed by atoms with Crippen LogP contribution in [0.25, 0.3) is 11.0 Å². The molecule has 2 aromatic rings. The second-order valence-corrected chi connectivity index (χ2v) is 4.22. The van der Waals surface area contributed by atoms with Crippen LogP contribution >= 0.6 is 0 Å². The van der Waals surface area contributed by atoms with Crippen LogP contribution in [0.15, 0.2) is 24.5 Å². The van der Waals surface area contributed by atoms with Gasteiger partial charge in [0.05, 0.1) is 24.0 Å². The molecule has 4 N–H and O–H groups in total. The lowest BCUT2D eigenvalue weighted by Gasteiger charge is -2.22. The van der Waals surface area contributed by atoms with Crippen LogP contribution in [0, 0.1) is 0 Å². The molecule has 0 fully saturated rings. The Morgan fingerprint density at radius 2 is 2.29 bits per heavy atom. The molecular formula is C12H18N4O. The van der Waals surface area contributed by atoms with Gasteiger partial charge in [-0.25, -0.2) is 4.98 Å². The minimum atomic E-state index is -0.318. The van der Waals surface area contributed by atoms with Crippen molar-refractivity contribution < 1.29 is 5.11 Å². The van der Waals surface area contributed by atoms with Crippen LogP contribution in [0.1, 0.15) is 11.6 Å². The van der Waals surface area contributed by atoms with Crippen molar-refractivity contribution in [2.75, 3.05) is 13.7 Å². The van der Waals surface area contributed by atoms with Crippen molar-refractivity contribution >= 4 is 11.0 Å². The molecule has 1 aromatic carbocycles. The van der Waals surface area contributed by atoms with Crippen molar-refractivity contribution in [1.82, 2.24) is 14.9 Å². The molecule has 0 radical (unpaired) electrons. The van der Waals surface area contributed by atoms with Gasteiger partial charge in [-0.15, -0.1) is 0 Å². The van der Waals surface area contributed by atoms with Gasteiger partial charge < -0.3 is 20.7 Å². The number of hydrogen-bond donors (Lipinski definition) is 3. The average Bonchev–Trinajstić information content (AvgIpc) is 2.71. The van der Waals surface area contributed by atoms with Gasteiger partial charge in [0, 0.05) is 19.1 Å². The number of aryl methyl sites for hydroxylation is 1. The SMILES string of the molecule is CNC(c1ccc2c(c1)ncn2C)C(N)CO. The maximum absolute atomic E-state index is 9.13. The van der Waals surface area contributed by atoms with E-state index >= 15 is 0 Å². The van der Waals surface area contributed by atoms with Crippen molar-refractivity contribution in [2.45, 2.75) is 12.1 Å². The summed E-state index contributed by atoms with van der Waals surface area (Å²) in [5.74, 6) is 0. The molecule has 5 heteroatoms. The molecule has 2 atom stereocenters. The van der Waals surface area contributed by atoms with E-state index in [2.05, 4.69) is 10.3 Å². The summed E-state index contributed by atoms with van der Waals surface area (Å²) in [6.07, 6.45) is 1.79. The third kappa shape index (κ3) is 2.17. The molecule has 2 unspecified atom stereocenters. The number of aromatic nitrogens is 2. The van der Waals surface area contributed by atoms with E-state index in [4.69, 9.17) is 10.8 Å². The molecular weight excluding hydrogens is 216 g/mol. The van der Waals surface area contributed by atoms with Crippen LogP contribution in [0.3, 0.4) is 0 Å². The fourth-order valence-electron chi connectivity index (χ4n) is 2.08. The number of nitrogens with zero attached hydrogens (tertiary/aromatic N) is 2. The Balaban J connectivity index is 2.40. The molecule has 0 saturated carbocycles. The number of likely N-dealkylation sites (N-methyl/N-ethyl adjacent to an activating group) is 1. The van der Waals surface area contributed by atoms with Crippen molar-refractivity contribution in [3.8, 4) is 0 Å². The molecule has 2 rings (SSSR count). The van der Waals surface area contributed by atoms with Crippen LogP contribution < -0.4 is 11.1 Å². The number of nitrogens with two attached hydrogens (primary N) is 1. The number of fused-ring (bicyclic) bond motifs is 1. The van der Waals surface area contributed by atoms with E-state index in [0.29, 0.717) is 0 Å². The fraction of sp³-hybridized carbons (Fsp3) is 0.417. The minimum absolute atomic E-state index is 0.0498. The van der Waals surface area contributed by atoms with E-state index in [1.54, 1.807) is 6.33 Å². The molecule has 0 spiro atoms. The van der Waals surface area contributed by atoms with Gasteiger partial charge in [0.25, 0.3) is 0 Å². The van der Waals surface area contributed by atoms with Gasteiger partial charge in [-0.1, -0.05) is 6.07 Å². The Morgan fingerprint density at radius 1 is 1.53 bits per heavy atom. The monoisotopic (exact) mass is 234 g/mol. The third-order valence-electron chi connectivity index (χ3n) is 3.06. The molecule has 5 nitrogen and oxygen atoms in total. The van der Waals surface area contributed by atoms with Crippen LogP contribution in [-0.4, -0.2) is 34.4 Å². The number of hydrogen-bond acceptors (Lipinski definition) is 4. The van der Waals surface area contributed by atoms with Gasteiger partial charge in [-0.3, -0.25) is 0 Å². The van der Waals surface area contributed by atoms with E-state index in [0.717, 1.165) is 16.6 Å². The number of rotatable bonds is 4. The highest BCUT2D eigenvalue weighted by Gasteiger charge is 2.17. The highest BCUT2D eigenvalue weighted by molar-refractivity contribution is 5.76. The van der Waals surface area contributed by atoms with E-state index in [-0.39, 0.29) is 18.7 Å². The number of benzene rings is 1. The predicted molar refractivity (Wildman–Crippen MR) is 67.6 cm³/mol. The lowest BCUT2D eigenvalue weighted by atomic mass is 10.00. The average molecular weight is 234 g/mol. The first-order valence-electron chi connectivity index (χ1n) is 5.62. The lowest BCUT2D eigenvalue weighted by molar-refractivity contribution is 0.240. The van der Waals surface area contributed by atoms with E-state index < -0.39 is 0 Å². The number of aliphatic hydroxyl groups is 1. The second kappa shape index (κ2) is 4.83. The summed E-state index contributed by atoms with van der Waals surface area (Å²) in [5, 5.41) is 12.3. The van der Waals surface area contributed by atoms with Crippen LogP contribution in [0.5, 0.6) is 0 Å². The van der Waals surface area contributed by atoms with Gasteiger partial charge in [0.15, 0.2) is 0 Å². The van der Waals surface area contributed by atoms with E-state index in [1.165, 1.54) is 0 Å². The van der Waals surface area contributed by atoms with E-state index in [9.17, 15) is 0 Å². The first kappa shape index (κ1) is 12.0. The van der Waals surface area contributed by atoms with Crippen molar-refractivity contribution in [3.05, 3.63) is 30.1 Å². The Morgan fingerprint density at radius 3 is 2.94 bits per heavy atom. The lowest BCUT2D eigenvalue weighted by Crippen LogP contribution is -2.38. The summed E-state index contributed by atoms with van der Waals surface area (Å²) in [6, 6.07) is 5.66. The zero-order valence-electron chi connectivity index (χ0n) is 10.1. The molecule has 0 bridgehead atoms. The van der Waals surface area contributed by atoms with Crippen LogP contribution in [-0.2, 0) is 7.05 Å². The second-order valence-electron chi connectivity index (χ2n) is 4.22. The molecule has 0 saturated heterocycles. The Bertz CT molecular complexity index is 508. The summed E-state index contributed by atoms with van der Waals surface area (Å²) in [4.78, 5) is 4.31. The van der Waals surface area contributed by atoms with Crippen LogP contribution in [0.4, 0.5) is 0 Å². The topological polar surface area (TPSA) is 76.1 Å². The van der Waals surface area contributed by atoms with Gasteiger partial charge in [0.2, 0.25) is 0 Å². The number of nitrogens with one attached hydrogen (secondary N) is 1. The molecule has 0 aliphatic rings. The maximum atomic E-state index is 9.13. The molecule has 0 aliphatic carbocycles. The highest BCUT2D eigenvalue weighted by atomic mass is 16.3. The van der Waals surface area contributed by atoms with Crippen molar-refractivity contribution in [2.24, 2.45) is 12.8 Å². The maximum Gasteiger partial charge on any atom is 0.0955 e.